The largest absolute Gasteiger partial charge is 0.340 e. The summed E-state index contributed by atoms with van der Waals surface area (Å²) in [7, 11) is 1.74. The lowest BCUT2D eigenvalue weighted by Crippen LogP contribution is -2.28. The van der Waals surface area contributed by atoms with Crippen LogP contribution in [0.2, 0.25) is 0 Å². The molecule has 1 aromatic carbocycles. The third-order valence-corrected chi connectivity index (χ3v) is 3.21. The molecule has 6 heteroatoms. The van der Waals surface area contributed by atoms with E-state index in [2.05, 4.69) is 22.4 Å². The molecule has 0 saturated heterocycles. The fourth-order valence-corrected chi connectivity index (χ4v) is 1.91. The van der Waals surface area contributed by atoms with Crippen LogP contribution in [0.5, 0.6) is 0 Å². The van der Waals surface area contributed by atoms with E-state index in [1.165, 1.54) is 6.07 Å². The van der Waals surface area contributed by atoms with Crippen molar-refractivity contribution in [2.45, 2.75) is 19.8 Å². The standard InChI is InChI=1S/C16H19FN4O/c1-3-4-11-21(2)16(22)14-9-10-15(20-19-14)18-13-8-6-5-7-12(13)17/h5-10H,3-4,11H2,1-2H3,(H,18,20). The number of unbranched alkanes of at least 4 members (excludes halogenated alkanes) is 1. The summed E-state index contributed by atoms with van der Waals surface area (Å²) in [6.45, 7) is 2.76. The Balaban J connectivity index is 2.04. The van der Waals surface area contributed by atoms with Gasteiger partial charge in [0.2, 0.25) is 0 Å². The van der Waals surface area contributed by atoms with Crippen molar-refractivity contribution in [3.05, 3.63) is 47.9 Å². The molecule has 5 nitrogen and oxygen atoms in total. The third kappa shape index (κ3) is 4.00. The van der Waals surface area contributed by atoms with Gasteiger partial charge in [-0.1, -0.05) is 25.5 Å². The van der Waals surface area contributed by atoms with Gasteiger partial charge < -0.3 is 10.2 Å². The van der Waals surface area contributed by atoms with Gasteiger partial charge in [-0.05, 0) is 30.7 Å². The summed E-state index contributed by atoms with van der Waals surface area (Å²) >= 11 is 0. The summed E-state index contributed by atoms with van der Waals surface area (Å²) < 4.78 is 13.5. The first kappa shape index (κ1) is 15.9. The molecule has 0 radical (unpaired) electrons. The van der Waals surface area contributed by atoms with Gasteiger partial charge in [-0.15, -0.1) is 10.2 Å². The van der Waals surface area contributed by atoms with E-state index in [1.807, 2.05) is 0 Å². The number of aromatic nitrogens is 2. The molecular weight excluding hydrogens is 283 g/mol. The Kier molecular flexibility index (Phi) is 5.41. The Hall–Kier alpha value is -2.50. The van der Waals surface area contributed by atoms with E-state index in [0.717, 1.165) is 12.8 Å². The number of amides is 1. The van der Waals surface area contributed by atoms with Gasteiger partial charge in [0.25, 0.3) is 5.91 Å². The zero-order chi connectivity index (χ0) is 15.9. The molecule has 0 fully saturated rings. The van der Waals surface area contributed by atoms with Crippen LogP contribution in [0.3, 0.4) is 0 Å². The summed E-state index contributed by atoms with van der Waals surface area (Å²) in [6.07, 6.45) is 1.97. The molecule has 0 aliphatic rings. The third-order valence-electron chi connectivity index (χ3n) is 3.21. The Morgan fingerprint density at radius 3 is 2.64 bits per heavy atom. The minimum absolute atomic E-state index is 0.168. The minimum Gasteiger partial charge on any atom is -0.340 e. The van der Waals surface area contributed by atoms with Gasteiger partial charge in [-0.3, -0.25) is 4.79 Å². The van der Waals surface area contributed by atoms with Crippen molar-refractivity contribution in [3.8, 4) is 0 Å². The summed E-state index contributed by atoms with van der Waals surface area (Å²) in [6, 6.07) is 9.49. The molecule has 0 aliphatic heterocycles. The number of hydrogen-bond donors (Lipinski definition) is 1. The summed E-state index contributed by atoms with van der Waals surface area (Å²) in [4.78, 5) is 13.7. The van der Waals surface area contributed by atoms with Crippen LogP contribution in [-0.2, 0) is 0 Å². The Labute approximate surface area is 129 Å². The van der Waals surface area contributed by atoms with Crippen LogP contribution in [0.4, 0.5) is 15.9 Å². The van der Waals surface area contributed by atoms with Crippen molar-refractivity contribution in [1.82, 2.24) is 15.1 Å². The zero-order valence-electron chi connectivity index (χ0n) is 12.7. The summed E-state index contributed by atoms with van der Waals surface area (Å²) in [5.74, 6) is -0.153. The van der Waals surface area contributed by atoms with Gasteiger partial charge in [-0.2, -0.15) is 0 Å². The summed E-state index contributed by atoms with van der Waals surface area (Å²) in [5.41, 5.74) is 0.591. The number of hydrogen-bond acceptors (Lipinski definition) is 4. The number of para-hydroxylation sites is 1. The molecule has 1 aromatic heterocycles. The van der Waals surface area contributed by atoms with Gasteiger partial charge in [-0.25, -0.2) is 4.39 Å². The van der Waals surface area contributed by atoms with Crippen molar-refractivity contribution in [1.29, 1.82) is 0 Å². The second-order valence-corrected chi connectivity index (χ2v) is 4.99. The maximum absolute atomic E-state index is 13.5. The monoisotopic (exact) mass is 302 g/mol. The molecule has 2 aromatic rings. The van der Waals surface area contributed by atoms with E-state index >= 15 is 0 Å². The number of nitrogens with one attached hydrogen (secondary N) is 1. The number of anilines is 2. The maximum atomic E-state index is 13.5. The molecule has 0 unspecified atom stereocenters. The molecule has 1 amide bonds. The molecule has 0 saturated carbocycles. The number of carbonyl (C=O) groups excluding carboxylic acids is 1. The smallest absolute Gasteiger partial charge is 0.274 e. The number of benzene rings is 1. The highest BCUT2D eigenvalue weighted by molar-refractivity contribution is 5.92. The second-order valence-electron chi connectivity index (χ2n) is 4.99. The van der Waals surface area contributed by atoms with Crippen LogP contribution in [0, 0.1) is 5.82 Å². The fraction of sp³-hybridized carbons (Fsp3) is 0.312. The topological polar surface area (TPSA) is 58.1 Å². The first-order valence-corrected chi connectivity index (χ1v) is 7.22. The van der Waals surface area contributed by atoms with Crippen LogP contribution < -0.4 is 5.32 Å². The van der Waals surface area contributed by atoms with Crippen LogP contribution in [0.1, 0.15) is 30.3 Å². The fourth-order valence-electron chi connectivity index (χ4n) is 1.91. The Morgan fingerprint density at radius 1 is 1.23 bits per heavy atom. The lowest BCUT2D eigenvalue weighted by molar-refractivity contribution is 0.0786. The van der Waals surface area contributed by atoms with Gasteiger partial charge in [0.1, 0.15) is 5.82 Å². The van der Waals surface area contributed by atoms with Crippen LogP contribution >= 0.6 is 0 Å². The Bertz CT molecular complexity index is 630. The lowest BCUT2D eigenvalue weighted by atomic mass is 10.3. The Morgan fingerprint density at radius 2 is 2.00 bits per heavy atom. The predicted molar refractivity (Wildman–Crippen MR) is 83.6 cm³/mol. The summed E-state index contributed by atoms with van der Waals surface area (Å²) in [5, 5.41) is 10.7. The molecule has 2 rings (SSSR count). The van der Waals surface area contributed by atoms with Crippen molar-refractivity contribution in [3.63, 3.8) is 0 Å². The van der Waals surface area contributed by atoms with Crippen LogP contribution in [0.25, 0.3) is 0 Å². The predicted octanol–water partition coefficient (Wildman–Crippen LogP) is 3.23. The number of halogens is 1. The van der Waals surface area contributed by atoms with Gasteiger partial charge in [0.05, 0.1) is 5.69 Å². The first-order chi connectivity index (χ1) is 10.6. The number of carbonyl (C=O) groups is 1. The normalized spacial score (nSPS) is 10.3. The number of rotatable bonds is 6. The van der Waals surface area contributed by atoms with E-state index in [4.69, 9.17) is 0 Å². The lowest BCUT2D eigenvalue weighted by Gasteiger charge is -2.15. The highest BCUT2D eigenvalue weighted by Gasteiger charge is 2.13. The van der Waals surface area contributed by atoms with Crippen LogP contribution in [-0.4, -0.2) is 34.6 Å². The van der Waals surface area contributed by atoms with Gasteiger partial charge in [0.15, 0.2) is 11.5 Å². The molecule has 22 heavy (non-hydrogen) atoms. The van der Waals surface area contributed by atoms with E-state index < -0.39 is 0 Å². The zero-order valence-corrected chi connectivity index (χ0v) is 12.7. The molecule has 0 atom stereocenters. The van der Waals surface area contributed by atoms with Crippen molar-refractivity contribution >= 4 is 17.4 Å². The van der Waals surface area contributed by atoms with E-state index in [9.17, 15) is 9.18 Å². The van der Waals surface area contributed by atoms with E-state index in [0.29, 0.717) is 18.1 Å². The highest BCUT2D eigenvalue weighted by atomic mass is 19.1. The quantitative estimate of drug-likeness (QED) is 0.890. The molecule has 116 valence electrons. The SMILES string of the molecule is CCCCN(C)C(=O)c1ccc(Nc2ccccc2F)nn1. The van der Waals surface area contributed by atoms with Crippen molar-refractivity contribution in [2.75, 3.05) is 18.9 Å². The molecule has 1 heterocycles. The van der Waals surface area contributed by atoms with Crippen molar-refractivity contribution < 1.29 is 9.18 Å². The van der Waals surface area contributed by atoms with Crippen LogP contribution in [0.15, 0.2) is 36.4 Å². The second kappa shape index (κ2) is 7.49. The van der Waals surface area contributed by atoms with Gasteiger partial charge in [0, 0.05) is 13.6 Å². The number of nitrogens with zero attached hydrogens (tertiary/aromatic N) is 3. The molecule has 0 bridgehead atoms. The highest BCUT2D eigenvalue weighted by Crippen LogP contribution is 2.17. The van der Waals surface area contributed by atoms with E-state index in [1.54, 1.807) is 42.3 Å². The average Bonchev–Trinajstić information content (AvgIpc) is 2.55. The molecule has 1 N–H and O–H groups in total. The maximum Gasteiger partial charge on any atom is 0.274 e. The first-order valence-electron chi connectivity index (χ1n) is 7.22. The molecule has 0 spiro atoms. The van der Waals surface area contributed by atoms with Gasteiger partial charge >= 0.3 is 0 Å². The average molecular weight is 302 g/mol. The van der Waals surface area contributed by atoms with E-state index in [-0.39, 0.29) is 17.4 Å². The van der Waals surface area contributed by atoms with Crippen molar-refractivity contribution in [2.24, 2.45) is 0 Å². The molecular formula is C16H19FN4O. The minimum atomic E-state index is -0.372. The molecule has 0 aliphatic carbocycles.